The molecule has 2 bridgehead atoms. The van der Waals surface area contributed by atoms with Crippen LogP contribution < -0.4 is 5.32 Å². The average Bonchev–Trinajstić information content (AvgIpc) is 2.93. The van der Waals surface area contributed by atoms with E-state index in [0.29, 0.717) is 0 Å². The predicted octanol–water partition coefficient (Wildman–Crippen LogP) is 1.37. The van der Waals surface area contributed by atoms with Crippen LogP contribution in [0.5, 0.6) is 0 Å². The third-order valence-electron chi connectivity index (χ3n) is 3.92. The van der Waals surface area contributed by atoms with E-state index in [0.717, 1.165) is 18.1 Å². The molecule has 0 aromatic carbocycles. The molecule has 3 rings (SSSR count). The number of hydrogen-bond acceptors (Lipinski definition) is 2. The maximum absolute atomic E-state index is 3.59. The first kappa shape index (κ1) is 8.25. The summed E-state index contributed by atoms with van der Waals surface area (Å²) in [4.78, 5) is 2.86. The highest BCUT2D eigenvalue weighted by Gasteiger charge is 2.40. The van der Waals surface area contributed by atoms with E-state index in [-0.39, 0.29) is 0 Å². The van der Waals surface area contributed by atoms with Gasteiger partial charge in [-0.05, 0) is 38.6 Å². The lowest BCUT2D eigenvalue weighted by molar-refractivity contribution is 0.0846. The number of rotatable bonds is 1. The van der Waals surface area contributed by atoms with Crippen molar-refractivity contribution in [2.45, 2.75) is 56.7 Å². The molecular weight excluding hydrogens is 160 g/mol. The fraction of sp³-hybridized carbons (Fsp3) is 1.00. The van der Waals surface area contributed by atoms with Crippen LogP contribution >= 0.6 is 0 Å². The van der Waals surface area contributed by atoms with Crippen molar-refractivity contribution in [3.8, 4) is 0 Å². The van der Waals surface area contributed by atoms with Crippen LogP contribution in [-0.2, 0) is 0 Å². The monoisotopic (exact) mass is 180 g/mol. The van der Waals surface area contributed by atoms with Crippen LogP contribution in [0.2, 0.25) is 0 Å². The third-order valence-corrected chi connectivity index (χ3v) is 3.92. The Labute approximate surface area is 80.7 Å². The van der Waals surface area contributed by atoms with Gasteiger partial charge >= 0.3 is 0 Å². The Kier molecular flexibility index (Phi) is 2.06. The van der Waals surface area contributed by atoms with Gasteiger partial charge in [0.25, 0.3) is 0 Å². The number of piperidine rings is 1. The van der Waals surface area contributed by atoms with E-state index in [2.05, 4.69) is 10.2 Å². The van der Waals surface area contributed by atoms with Gasteiger partial charge in [0.05, 0.1) is 0 Å². The molecule has 0 unspecified atom stereocenters. The van der Waals surface area contributed by atoms with E-state index in [9.17, 15) is 0 Å². The minimum Gasteiger partial charge on any atom is -0.315 e. The Hall–Kier alpha value is -0.0800. The summed E-state index contributed by atoms with van der Waals surface area (Å²) in [5.74, 6) is 0. The SMILES string of the molecule is C1C[C@@H]2CCNC[C@H](C1)N2C1CC1. The van der Waals surface area contributed by atoms with E-state index in [1.807, 2.05) is 0 Å². The topological polar surface area (TPSA) is 15.3 Å². The first-order valence-corrected chi connectivity index (χ1v) is 5.93. The molecule has 0 spiro atoms. The van der Waals surface area contributed by atoms with Gasteiger partial charge in [-0.1, -0.05) is 6.42 Å². The van der Waals surface area contributed by atoms with Gasteiger partial charge < -0.3 is 5.32 Å². The summed E-state index contributed by atoms with van der Waals surface area (Å²) in [5, 5.41) is 3.59. The lowest BCUT2D eigenvalue weighted by Crippen LogP contribution is -2.48. The van der Waals surface area contributed by atoms with Gasteiger partial charge in [-0.25, -0.2) is 0 Å². The molecule has 3 aliphatic rings. The number of nitrogens with one attached hydrogen (secondary N) is 1. The minimum atomic E-state index is 0.883. The zero-order valence-electron chi connectivity index (χ0n) is 8.34. The highest BCUT2D eigenvalue weighted by Crippen LogP contribution is 2.37. The Balaban J connectivity index is 1.79. The van der Waals surface area contributed by atoms with E-state index in [4.69, 9.17) is 0 Å². The Morgan fingerprint density at radius 1 is 0.846 bits per heavy atom. The molecule has 0 aromatic rings. The van der Waals surface area contributed by atoms with Gasteiger partial charge in [-0.2, -0.15) is 0 Å². The van der Waals surface area contributed by atoms with E-state index < -0.39 is 0 Å². The van der Waals surface area contributed by atoms with Crippen molar-refractivity contribution in [2.24, 2.45) is 0 Å². The Morgan fingerprint density at radius 2 is 1.62 bits per heavy atom. The second-order valence-electron chi connectivity index (χ2n) is 4.91. The second-order valence-corrected chi connectivity index (χ2v) is 4.91. The highest BCUT2D eigenvalue weighted by molar-refractivity contribution is 4.97. The molecule has 2 nitrogen and oxygen atoms in total. The van der Waals surface area contributed by atoms with Crippen molar-refractivity contribution >= 4 is 0 Å². The van der Waals surface area contributed by atoms with E-state index in [1.54, 1.807) is 0 Å². The molecule has 2 saturated heterocycles. The molecule has 2 heteroatoms. The number of hydrogen-bond donors (Lipinski definition) is 1. The predicted molar refractivity (Wildman–Crippen MR) is 53.8 cm³/mol. The molecule has 2 atom stereocenters. The molecule has 3 fully saturated rings. The van der Waals surface area contributed by atoms with Gasteiger partial charge in [0, 0.05) is 24.7 Å². The van der Waals surface area contributed by atoms with Crippen LogP contribution in [0.1, 0.15) is 38.5 Å². The van der Waals surface area contributed by atoms with Crippen molar-refractivity contribution in [1.29, 1.82) is 0 Å². The maximum atomic E-state index is 3.59. The molecule has 1 aliphatic carbocycles. The standard InChI is InChI=1S/C11H20N2/c1-2-9-6-7-12-8-11(3-1)13(9)10-4-5-10/h9-12H,1-8H2/t9-,11+/m1/s1. The van der Waals surface area contributed by atoms with Gasteiger partial charge in [-0.15, -0.1) is 0 Å². The largest absolute Gasteiger partial charge is 0.315 e. The molecule has 0 aromatic heterocycles. The summed E-state index contributed by atoms with van der Waals surface area (Å²) >= 11 is 0. The fourth-order valence-corrected chi connectivity index (χ4v) is 3.19. The zero-order chi connectivity index (χ0) is 8.67. The van der Waals surface area contributed by atoms with Crippen LogP contribution in [-0.4, -0.2) is 36.1 Å². The fourth-order valence-electron chi connectivity index (χ4n) is 3.19. The lowest BCUT2D eigenvalue weighted by Gasteiger charge is -2.40. The molecule has 74 valence electrons. The second kappa shape index (κ2) is 3.25. The molecule has 13 heavy (non-hydrogen) atoms. The summed E-state index contributed by atoms with van der Waals surface area (Å²) in [6.07, 6.45) is 8.74. The van der Waals surface area contributed by atoms with E-state index in [1.165, 1.54) is 51.6 Å². The van der Waals surface area contributed by atoms with Crippen LogP contribution in [0.3, 0.4) is 0 Å². The van der Waals surface area contributed by atoms with Gasteiger partial charge in [-0.3, -0.25) is 4.90 Å². The molecule has 0 radical (unpaired) electrons. The van der Waals surface area contributed by atoms with Crippen LogP contribution in [0.4, 0.5) is 0 Å². The summed E-state index contributed by atoms with van der Waals surface area (Å²) in [6.45, 7) is 2.51. The van der Waals surface area contributed by atoms with Gasteiger partial charge in [0.1, 0.15) is 0 Å². The lowest BCUT2D eigenvalue weighted by atomic mass is 9.94. The van der Waals surface area contributed by atoms with Crippen molar-refractivity contribution in [3.63, 3.8) is 0 Å². The summed E-state index contributed by atoms with van der Waals surface area (Å²) in [7, 11) is 0. The molecular formula is C11H20N2. The highest BCUT2D eigenvalue weighted by atomic mass is 15.3. The zero-order valence-corrected chi connectivity index (χ0v) is 8.34. The van der Waals surface area contributed by atoms with Crippen molar-refractivity contribution in [3.05, 3.63) is 0 Å². The number of fused-ring (bicyclic) bond motifs is 2. The van der Waals surface area contributed by atoms with Crippen LogP contribution in [0.25, 0.3) is 0 Å². The quantitative estimate of drug-likeness (QED) is 0.655. The molecule has 0 amide bonds. The molecule has 2 aliphatic heterocycles. The van der Waals surface area contributed by atoms with Crippen molar-refractivity contribution in [2.75, 3.05) is 13.1 Å². The minimum absolute atomic E-state index is 0.883. The maximum Gasteiger partial charge on any atom is 0.0226 e. The van der Waals surface area contributed by atoms with E-state index >= 15 is 0 Å². The van der Waals surface area contributed by atoms with Gasteiger partial charge in [0.15, 0.2) is 0 Å². The average molecular weight is 180 g/mol. The Bertz CT molecular complexity index is 175. The summed E-state index contributed by atoms with van der Waals surface area (Å²) < 4.78 is 0. The first-order chi connectivity index (χ1) is 6.45. The normalized spacial score (nSPS) is 41.5. The third kappa shape index (κ3) is 1.50. The molecule has 2 heterocycles. The Morgan fingerprint density at radius 3 is 2.46 bits per heavy atom. The van der Waals surface area contributed by atoms with Crippen LogP contribution in [0.15, 0.2) is 0 Å². The summed E-state index contributed by atoms with van der Waals surface area (Å²) in [6, 6.07) is 2.80. The van der Waals surface area contributed by atoms with Crippen molar-refractivity contribution < 1.29 is 0 Å². The van der Waals surface area contributed by atoms with Crippen molar-refractivity contribution in [1.82, 2.24) is 10.2 Å². The summed E-state index contributed by atoms with van der Waals surface area (Å²) in [5.41, 5.74) is 0. The molecule has 1 N–H and O–H groups in total. The van der Waals surface area contributed by atoms with Gasteiger partial charge in [0.2, 0.25) is 0 Å². The number of nitrogens with zero attached hydrogens (tertiary/aromatic N) is 1. The first-order valence-electron chi connectivity index (χ1n) is 5.93. The smallest absolute Gasteiger partial charge is 0.0226 e. The van der Waals surface area contributed by atoms with Crippen LogP contribution in [0, 0.1) is 0 Å². The molecule has 1 saturated carbocycles.